The maximum Gasteiger partial charge on any atom is 0.475 e. The normalized spacial score (nSPS) is 36.7. The van der Waals surface area contributed by atoms with Crippen molar-refractivity contribution < 1.29 is 33.1 Å². The van der Waals surface area contributed by atoms with Gasteiger partial charge in [-0.15, -0.1) is 0 Å². The largest absolute Gasteiger partial charge is 0.475 e. The second-order valence-corrected chi connectivity index (χ2v) is 11.1. The molecule has 2 saturated heterocycles. The molecule has 11 nitrogen and oxygen atoms in total. The maximum atomic E-state index is 13.6. The van der Waals surface area contributed by atoms with Crippen LogP contribution in [-0.2, 0) is 22.9 Å². The number of fused-ring (bicyclic) bond motifs is 2. The number of benzene rings is 1. The summed E-state index contributed by atoms with van der Waals surface area (Å²) in [5.41, 5.74) is 7.29. The van der Waals surface area contributed by atoms with E-state index in [1.165, 1.54) is 6.33 Å². The minimum Gasteiger partial charge on any atom is -0.387 e. The van der Waals surface area contributed by atoms with E-state index < -0.39 is 38.5 Å². The predicted octanol–water partition coefficient (Wildman–Crippen LogP) is 3.10. The molecule has 3 fully saturated rings. The van der Waals surface area contributed by atoms with Gasteiger partial charge in [0.2, 0.25) is 0 Å². The molecule has 1 aromatic carbocycles. The fraction of sp³-hybridized carbons (Fsp3) is 0.500. The van der Waals surface area contributed by atoms with Crippen LogP contribution in [0, 0.1) is 5.92 Å². The average Bonchev–Trinajstić information content (AvgIpc) is 3.44. The van der Waals surface area contributed by atoms with Crippen molar-refractivity contribution >= 4 is 24.7 Å². The number of aliphatic hydroxyl groups excluding tert-OH is 2. The second-order valence-electron chi connectivity index (χ2n) is 9.54. The number of phosphoric acid groups is 1. The third-order valence-corrected chi connectivity index (χ3v) is 8.81. The Morgan fingerprint density at radius 1 is 1.08 bits per heavy atom. The Morgan fingerprint density at radius 3 is 2.72 bits per heavy atom. The van der Waals surface area contributed by atoms with E-state index >= 15 is 0 Å². The summed E-state index contributed by atoms with van der Waals surface area (Å²) < 4.78 is 38.8. The number of hydrogen-bond acceptors (Lipinski definition) is 10. The van der Waals surface area contributed by atoms with Gasteiger partial charge in [0, 0.05) is 12.1 Å². The molecule has 3 aromatic rings. The number of aliphatic hydroxyl groups is 2. The summed E-state index contributed by atoms with van der Waals surface area (Å²) in [5.74, 6) is 0.383. The highest BCUT2D eigenvalue weighted by Gasteiger charge is 2.50. The number of phosphoric ester groups is 1. The number of nitrogens with two attached hydrogens (primary N) is 1. The molecule has 0 spiro atoms. The third-order valence-electron chi connectivity index (χ3n) is 7.33. The van der Waals surface area contributed by atoms with Gasteiger partial charge in [0.05, 0.1) is 24.2 Å². The topological polar surface area (TPSA) is 151 Å². The van der Waals surface area contributed by atoms with Crippen LogP contribution in [0.4, 0.5) is 5.82 Å². The van der Waals surface area contributed by atoms with E-state index in [-0.39, 0.29) is 18.6 Å². The molecule has 1 aliphatic carbocycles. The van der Waals surface area contributed by atoms with Crippen molar-refractivity contribution in [3.63, 3.8) is 0 Å². The summed E-state index contributed by atoms with van der Waals surface area (Å²) in [6, 6.07) is 11.4. The lowest BCUT2D eigenvalue weighted by Crippen LogP contribution is -2.38. The molecule has 4 heterocycles. The molecule has 0 radical (unpaired) electrons. The number of nitrogen functional groups attached to an aromatic ring is 1. The lowest BCUT2D eigenvalue weighted by Gasteiger charge is -2.43. The molecule has 0 amide bonds. The maximum absolute atomic E-state index is 13.6. The van der Waals surface area contributed by atoms with E-state index in [9.17, 15) is 14.8 Å². The Balaban J connectivity index is 1.19. The molecule has 12 heteroatoms. The lowest BCUT2D eigenvalue weighted by atomic mass is 9.80. The monoisotopic (exact) mass is 516 g/mol. The smallest absolute Gasteiger partial charge is 0.387 e. The van der Waals surface area contributed by atoms with Crippen molar-refractivity contribution in [3.8, 4) is 0 Å². The number of rotatable bonds is 5. The van der Waals surface area contributed by atoms with E-state index in [2.05, 4.69) is 9.97 Å². The lowest BCUT2D eigenvalue weighted by molar-refractivity contribution is -0.0907. The van der Waals surface area contributed by atoms with Crippen LogP contribution < -0.4 is 5.73 Å². The van der Waals surface area contributed by atoms with Crippen LogP contribution in [0.5, 0.6) is 0 Å². The fourth-order valence-corrected chi connectivity index (χ4v) is 7.13. The third kappa shape index (κ3) is 4.24. The molecule has 2 aromatic heterocycles. The van der Waals surface area contributed by atoms with Gasteiger partial charge < -0.3 is 25.3 Å². The van der Waals surface area contributed by atoms with Crippen molar-refractivity contribution in [1.82, 2.24) is 14.5 Å². The van der Waals surface area contributed by atoms with Crippen molar-refractivity contribution in [2.24, 2.45) is 5.92 Å². The molecule has 6 rings (SSSR count). The summed E-state index contributed by atoms with van der Waals surface area (Å²) >= 11 is 0. The van der Waals surface area contributed by atoms with Crippen LogP contribution >= 0.6 is 7.82 Å². The first-order chi connectivity index (χ1) is 17.4. The first-order valence-corrected chi connectivity index (χ1v) is 13.6. The predicted molar refractivity (Wildman–Crippen MR) is 129 cm³/mol. The van der Waals surface area contributed by atoms with Crippen molar-refractivity contribution in [2.75, 3.05) is 12.3 Å². The van der Waals surface area contributed by atoms with Gasteiger partial charge in [0.25, 0.3) is 0 Å². The van der Waals surface area contributed by atoms with Crippen LogP contribution in [0.25, 0.3) is 11.0 Å². The van der Waals surface area contributed by atoms with Crippen LogP contribution in [0.1, 0.15) is 43.6 Å². The highest BCUT2D eigenvalue weighted by Crippen LogP contribution is 2.62. The Kier molecular flexibility index (Phi) is 6.33. The molecule has 1 saturated carbocycles. The van der Waals surface area contributed by atoms with Gasteiger partial charge in [0.15, 0.2) is 6.23 Å². The Morgan fingerprint density at radius 2 is 1.89 bits per heavy atom. The van der Waals surface area contributed by atoms with Crippen molar-refractivity contribution in [3.05, 3.63) is 54.5 Å². The zero-order valence-electron chi connectivity index (χ0n) is 19.5. The van der Waals surface area contributed by atoms with E-state index in [4.69, 9.17) is 24.0 Å². The average molecular weight is 516 g/mol. The molecular formula is C24H29N4O7P. The van der Waals surface area contributed by atoms with Crippen molar-refractivity contribution in [2.45, 2.75) is 62.4 Å². The molecule has 0 bridgehead atoms. The summed E-state index contributed by atoms with van der Waals surface area (Å²) in [6.07, 6.45) is 1.56. The number of anilines is 1. The summed E-state index contributed by atoms with van der Waals surface area (Å²) in [4.78, 5) is 8.18. The summed E-state index contributed by atoms with van der Waals surface area (Å²) in [6.45, 7) is -0.290. The highest BCUT2D eigenvalue weighted by molar-refractivity contribution is 7.48. The van der Waals surface area contributed by atoms with Crippen molar-refractivity contribution in [1.29, 1.82) is 0 Å². The highest BCUT2D eigenvalue weighted by atomic mass is 31.2. The van der Waals surface area contributed by atoms with Gasteiger partial charge in [-0.25, -0.2) is 14.5 Å². The minimum atomic E-state index is -3.97. The standard InChI is InChI=1S/C24H29N4O7P/c25-22-16-10-11-28(23(16)27-13-26-22)24-20(30)19(29)18(33-24)12-32-36(31)34-17-9-5-4-8-15(17)21(35-36)14-6-2-1-3-7-14/h1-3,6-7,10-11,13,15,17-21,24,29-30H,4-5,8-9,12H2,(H2,25,26,27)/t15?,17?,18-,19-,20-,21-,24-,36?/m1/s1. The quantitative estimate of drug-likeness (QED) is 0.432. The number of ether oxygens (including phenoxy) is 1. The molecule has 4 N–H and O–H groups in total. The molecule has 8 atom stereocenters. The SMILES string of the molecule is Nc1ncnc2c1ccn2[C@@H]1O[C@H](COP2(=O)OC3CCCCC3[C@@H](c3ccccc3)O2)[C@@H](O)[C@H]1O. The van der Waals surface area contributed by atoms with Gasteiger partial charge in [-0.3, -0.25) is 13.6 Å². The van der Waals surface area contributed by atoms with Gasteiger partial charge in [-0.05, 0) is 24.5 Å². The van der Waals surface area contributed by atoms with Crippen LogP contribution in [-0.4, -0.2) is 55.8 Å². The molecule has 36 heavy (non-hydrogen) atoms. The second kappa shape index (κ2) is 9.50. The first kappa shape index (κ1) is 24.0. The fourth-order valence-electron chi connectivity index (χ4n) is 5.48. The Bertz CT molecular complexity index is 1270. The van der Waals surface area contributed by atoms with Gasteiger partial charge in [-0.2, -0.15) is 0 Å². The van der Waals surface area contributed by atoms with Gasteiger partial charge in [-0.1, -0.05) is 43.2 Å². The molecule has 2 aliphatic heterocycles. The zero-order chi connectivity index (χ0) is 24.9. The van der Waals surface area contributed by atoms with Crippen LogP contribution in [0.2, 0.25) is 0 Å². The van der Waals surface area contributed by atoms with Crippen LogP contribution in [0.3, 0.4) is 0 Å². The van der Waals surface area contributed by atoms with E-state index in [0.29, 0.717) is 16.9 Å². The summed E-state index contributed by atoms with van der Waals surface area (Å²) in [5, 5.41) is 22.0. The molecule has 3 unspecified atom stereocenters. The molecule has 3 aliphatic rings. The summed E-state index contributed by atoms with van der Waals surface area (Å²) in [7, 11) is -3.97. The molecular weight excluding hydrogens is 487 g/mol. The van der Waals surface area contributed by atoms with E-state index in [1.54, 1.807) is 16.8 Å². The number of hydrogen-bond donors (Lipinski definition) is 3. The zero-order valence-corrected chi connectivity index (χ0v) is 20.4. The number of nitrogens with zero attached hydrogens (tertiary/aromatic N) is 3. The first-order valence-electron chi connectivity index (χ1n) is 12.2. The van der Waals surface area contributed by atoms with Crippen LogP contribution in [0.15, 0.2) is 48.9 Å². The van der Waals surface area contributed by atoms with Gasteiger partial charge >= 0.3 is 7.82 Å². The van der Waals surface area contributed by atoms with E-state index in [1.807, 2.05) is 30.3 Å². The van der Waals surface area contributed by atoms with Gasteiger partial charge in [0.1, 0.15) is 36.1 Å². The minimum absolute atomic E-state index is 0.0859. The number of aromatic nitrogens is 3. The van der Waals surface area contributed by atoms with E-state index in [0.717, 1.165) is 31.2 Å². The Labute approximate surface area is 207 Å². The molecule has 192 valence electrons. The Hall–Kier alpha value is -2.37.